The number of hydrogen-bond donors (Lipinski definition) is 3. The summed E-state index contributed by atoms with van der Waals surface area (Å²) in [4.78, 5) is 44.7. The van der Waals surface area contributed by atoms with E-state index in [0.29, 0.717) is 12.1 Å². The predicted molar refractivity (Wildman–Crippen MR) is 136 cm³/mol. The number of nitrogens with zero attached hydrogens (tertiary/aromatic N) is 2. The second kappa shape index (κ2) is 8.83. The van der Waals surface area contributed by atoms with Gasteiger partial charge in [0.2, 0.25) is 11.8 Å². The Bertz CT molecular complexity index is 1420. The number of H-pyrrole nitrogens is 1. The number of para-hydroxylation sites is 1. The first-order valence-electron chi connectivity index (χ1n) is 12.2. The molecule has 0 bridgehead atoms. The first kappa shape index (κ1) is 23.6. The van der Waals surface area contributed by atoms with Crippen molar-refractivity contribution in [2.24, 2.45) is 5.92 Å². The van der Waals surface area contributed by atoms with Gasteiger partial charge in [0.15, 0.2) is 0 Å². The second-order valence-electron chi connectivity index (χ2n) is 10.3. The third-order valence-electron chi connectivity index (χ3n) is 7.35. The molecule has 1 spiro atoms. The second-order valence-corrected chi connectivity index (χ2v) is 10.3. The van der Waals surface area contributed by atoms with Crippen LogP contribution in [-0.2, 0) is 15.0 Å². The molecule has 3 atom stereocenters. The van der Waals surface area contributed by atoms with Gasteiger partial charge in [-0.25, -0.2) is 0 Å². The summed E-state index contributed by atoms with van der Waals surface area (Å²) in [5.74, 6) is -0.796. The number of carbonyl (C=O) groups is 3. The average molecular weight is 484 g/mol. The number of hydrogen-bond acceptors (Lipinski definition) is 4. The number of aryl methyl sites for hydroxylation is 1. The van der Waals surface area contributed by atoms with Gasteiger partial charge in [-0.15, -0.1) is 0 Å². The summed E-state index contributed by atoms with van der Waals surface area (Å²) in [5.41, 5.74) is 2.84. The number of benzene rings is 2. The van der Waals surface area contributed by atoms with Gasteiger partial charge < -0.3 is 20.5 Å². The lowest BCUT2D eigenvalue weighted by Gasteiger charge is -2.28. The number of amides is 3. The van der Waals surface area contributed by atoms with E-state index in [-0.39, 0.29) is 36.6 Å². The van der Waals surface area contributed by atoms with Crippen LogP contribution in [-0.4, -0.2) is 46.2 Å². The SMILES string of the molecule is Cc1cccc2[nH]c(C(=O)N[C@@H](CC(C)C)C(=O)N3C[C@]4(C[C@H]3C#N)C(=O)Nc3ccccc34)cc12. The fraction of sp³-hybridized carbons (Fsp3) is 0.357. The van der Waals surface area contributed by atoms with Gasteiger partial charge in [0.1, 0.15) is 17.8 Å². The normalized spacial score (nSPS) is 21.5. The maximum Gasteiger partial charge on any atom is 0.268 e. The van der Waals surface area contributed by atoms with E-state index in [4.69, 9.17) is 0 Å². The van der Waals surface area contributed by atoms with E-state index >= 15 is 0 Å². The summed E-state index contributed by atoms with van der Waals surface area (Å²) in [6, 6.07) is 15.6. The van der Waals surface area contributed by atoms with E-state index in [2.05, 4.69) is 21.7 Å². The number of rotatable bonds is 5. The van der Waals surface area contributed by atoms with Gasteiger partial charge in [0.25, 0.3) is 5.91 Å². The summed E-state index contributed by atoms with van der Waals surface area (Å²) >= 11 is 0. The van der Waals surface area contributed by atoms with Crippen molar-refractivity contribution >= 4 is 34.3 Å². The molecule has 2 aliphatic rings. The summed E-state index contributed by atoms with van der Waals surface area (Å²) in [6.07, 6.45) is 0.635. The van der Waals surface area contributed by atoms with Gasteiger partial charge >= 0.3 is 0 Å². The fourth-order valence-corrected chi connectivity index (χ4v) is 5.54. The van der Waals surface area contributed by atoms with E-state index in [1.54, 1.807) is 6.07 Å². The predicted octanol–water partition coefficient (Wildman–Crippen LogP) is 3.64. The Morgan fingerprint density at radius 1 is 1.22 bits per heavy atom. The van der Waals surface area contributed by atoms with Crippen molar-refractivity contribution in [3.05, 3.63) is 65.4 Å². The zero-order valence-electron chi connectivity index (χ0n) is 20.6. The van der Waals surface area contributed by atoms with Crippen LogP contribution in [0.3, 0.4) is 0 Å². The van der Waals surface area contributed by atoms with Crippen molar-refractivity contribution in [2.75, 3.05) is 11.9 Å². The number of aromatic nitrogens is 1. The molecule has 0 aliphatic carbocycles. The molecule has 36 heavy (non-hydrogen) atoms. The number of nitrogens with one attached hydrogen (secondary N) is 3. The number of likely N-dealkylation sites (tertiary alicyclic amines) is 1. The van der Waals surface area contributed by atoms with Gasteiger partial charge in [-0.3, -0.25) is 14.4 Å². The minimum atomic E-state index is -0.965. The van der Waals surface area contributed by atoms with Gasteiger partial charge in [-0.05, 0) is 48.6 Å². The maximum atomic E-state index is 13.8. The van der Waals surface area contributed by atoms with Gasteiger partial charge in [-0.1, -0.05) is 44.2 Å². The third kappa shape index (κ3) is 3.81. The lowest BCUT2D eigenvalue weighted by atomic mass is 9.80. The lowest BCUT2D eigenvalue weighted by Crippen LogP contribution is -2.51. The summed E-state index contributed by atoms with van der Waals surface area (Å²) in [6.45, 7) is 6.04. The van der Waals surface area contributed by atoms with Crippen molar-refractivity contribution in [1.29, 1.82) is 5.26 Å². The molecule has 2 aliphatic heterocycles. The van der Waals surface area contributed by atoms with E-state index in [9.17, 15) is 19.6 Å². The molecule has 2 aromatic carbocycles. The number of aromatic amines is 1. The average Bonchev–Trinajstić information content (AvgIpc) is 3.53. The molecular formula is C28H29N5O3. The minimum Gasteiger partial charge on any atom is -0.351 e. The smallest absolute Gasteiger partial charge is 0.268 e. The zero-order chi connectivity index (χ0) is 25.6. The minimum absolute atomic E-state index is 0.100. The van der Waals surface area contributed by atoms with E-state index in [1.807, 2.05) is 63.2 Å². The number of anilines is 1. The Labute approximate surface area is 209 Å². The summed E-state index contributed by atoms with van der Waals surface area (Å²) < 4.78 is 0. The molecule has 3 amide bonds. The van der Waals surface area contributed by atoms with Crippen LogP contribution in [0, 0.1) is 24.2 Å². The van der Waals surface area contributed by atoms with Crippen molar-refractivity contribution in [2.45, 2.75) is 51.1 Å². The zero-order valence-corrected chi connectivity index (χ0v) is 20.6. The first-order chi connectivity index (χ1) is 17.2. The van der Waals surface area contributed by atoms with Crippen LogP contribution in [0.25, 0.3) is 10.9 Å². The topological polar surface area (TPSA) is 118 Å². The third-order valence-corrected chi connectivity index (χ3v) is 7.35. The highest BCUT2D eigenvalue weighted by molar-refractivity contribution is 6.07. The van der Waals surface area contributed by atoms with Crippen molar-refractivity contribution < 1.29 is 14.4 Å². The monoisotopic (exact) mass is 483 g/mol. The molecule has 1 aromatic heterocycles. The molecular weight excluding hydrogens is 454 g/mol. The molecule has 0 saturated carbocycles. The van der Waals surface area contributed by atoms with Crippen LogP contribution in [0.4, 0.5) is 5.69 Å². The van der Waals surface area contributed by atoms with Crippen LogP contribution < -0.4 is 10.6 Å². The molecule has 8 heteroatoms. The summed E-state index contributed by atoms with van der Waals surface area (Å²) in [7, 11) is 0. The van der Waals surface area contributed by atoms with E-state index < -0.39 is 17.5 Å². The first-order valence-corrected chi connectivity index (χ1v) is 12.2. The van der Waals surface area contributed by atoms with Crippen LogP contribution in [0.1, 0.15) is 48.3 Å². The van der Waals surface area contributed by atoms with Crippen LogP contribution in [0.5, 0.6) is 0 Å². The maximum absolute atomic E-state index is 13.8. The molecule has 0 unspecified atom stereocenters. The van der Waals surface area contributed by atoms with Crippen LogP contribution in [0.15, 0.2) is 48.5 Å². The molecule has 3 heterocycles. The highest BCUT2D eigenvalue weighted by Gasteiger charge is 2.56. The highest BCUT2D eigenvalue weighted by Crippen LogP contribution is 2.46. The molecule has 1 fully saturated rings. The van der Waals surface area contributed by atoms with Crippen molar-refractivity contribution in [1.82, 2.24) is 15.2 Å². The van der Waals surface area contributed by atoms with Gasteiger partial charge in [0.05, 0.1) is 11.5 Å². The lowest BCUT2D eigenvalue weighted by molar-refractivity contribution is -0.134. The number of fused-ring (bicyclic) bond motifs is 3. The van der Waals surface area contributed by atoms with Crippen molar-refractivity contribution in [3.63, 3.8) is 0 Å². The Kier molecular flexibility index (Phi) is 5.79. The molecule has 5 rings (SSSR count). The van der Waals surface area contributed by atoms with E-state index in [1.165, 1.54) is 4.90 Å². The van der Waals surface area contributed by atoms with Crippen LogP contribution in [0.2, 0.25) is 0 Å². The molecule has 184 valence electrons. The fourth-order valence-electron chi connectivity index (χ4n) is 5.54. The van der Waals surface area contributed by atoms with Crippen LogP contribution >= 0.6 is 0 Å². The Morgan fingerprint density at radius 2 is 2.00 bits per heavy atom. The number of nitriles is 1. The Hall–Kier alpha value is -4.12. The summed E-state index contributed by atoms with van der Waals surface area (Å²) in [5, 5.41) is 16.7. The Morgan fingerprint density at radius 3 is 2.72 bits per heavy atom. The van der Waals surface area contributed by atoms with Gasteiger partial charge in [-0.2, -0.15) is 5.26 Å². The van der Waals surface area contributed by atoms with Crippen molar-refractivity contribution in [3.8, 4) is 6.07 Å². The standard InChI is InChI=1S/C28H29N5O3/c1-16(2)11-24(31-25(34)23-12-19-17(3)7-6-10-21(19)30-23)26(35)33-15-28(13-18(33)14-29)20-8-4-5-9-22(20)32-27(28)36/h4-10,12,16,18,24,30H,11,13,15H2,1-3H3,(H,31,34)(H,32,36)/t18-,24-,28-/m0/s1. The quantitative estimate of drug-likeness (QED) is 0.513. The molecule has 1 saturated heterocycles. The highest BCUT2D eigenvalue weighted by atomic mass is 16.2. The molecule has 3 aromatic rings. The largest absolute Gasteiger partial charge is 0.351 e. The van der Waals surface area contributed by atoms with Gasteiger partial charge in [0, 0.05) is 29.6 Å². The molecule has 0 radical (unpaired) electrons. The number of carbonyl (C=O) groups excluding carboxylic acids is 3. The van der Waals surface area contributed by atoms with E-state index in [0.717, 1.165) is 27.7 Å². The molecule has 8 nitrogen and oxygen atoms in total. The Balaban J connectivity index is 1.42. The molecule has 3 N–H and O–H groups in total.